The lowest BCUT2D eigenvalue weighted by atomic mass is 10.2. The molecule has 1 fully saturated rings. The van der Waals surface area contributed by atoms with E-state index in [4.69, 9.17) is 10.00 Å². The van der Waals surface area contributed by atoms with Crippen LogP contribution in [0.15, 0.2) is 24.3 Å². The Morgan fingerprint density at radius 3 is 2.70 bits per heavy atom. The molecule has 106 valence electrons. The Hall–Kier alpha value is -2.06. The standard InChI is InChI=1S/C15H19N3O2/c1-12(15(19)18-8-6-17(2)7-9-18)20-14-5-3-4-13(10-14)11-16/h3-5,10,12H,6-9H2,1-2H3. The van der Waals surface area contributed by atoms with Crippen LogP contribution in [0.4, 0.5) is 0 Å². The molecule has 20 heavy (non-hydrogen) atoms. The van der Waals surface area contributed by atoms with Gasteiger partial charge in [0.25, 0.3) is 5.91 Å². The van der Waals surface area contributed by atoms with Gasteiger partial charge in [0.05, 0.1) is 11.6 Å². The second-order valence-corrected chi connectivity index (χ2v) is 5.03. The van der Waals surface area contributed by atoms with Crippen molar-refractivity contribution in [1.82, 2.24) is 9.80 Å². The summed E-state index contributed by atoms with van der Waals surface area (Å²) in [6, 6.07) is 8.92. The van der Waals surface area contributed by atoms with E-state index in [1.54, 1.807) is 31.2 Å². The Balaban J connectivity index is 1.95. The molecule has 1 aliphatic heterocycles. The van der Waals surface area contributed by atoms with E-state index >= 15 is 0 Å². The summed E-state index contributed by atoms with van der Waals surface area (Å²) < 4.78 is 5.64. The van der Waals surface area contributed by atoms with Crippen LogP contribution in [0.25, 0.3) is 0 Å². The van der Waals surface area contributed by atoms with Crippen LogP contribution < -0.4 is 4.74 Å². The van der Waals surface area contributed by atoms with E-state index in [0.717, 1.165) is 26.2 Å². The molecule has 0 spiro atoms. The molecule has 5 nitrogen and oxygen atoms in total. The summed E-state index contributed by atoms with van der Waals surface area (Å²) in [4.78, 5) is 16.3. The highest BCUT2D eigenvalue weighted by atomic mass is 16.5. The predicted molar refractivity (Wildman–Crippen MR) is 75.3 cm³/mol. The summed E-state index contributed by atoms with van der Waals surface area (Å²) in [5, 5.41) is 8.85. The Labute approximate surface area is 119 Å². The Kier molecular flexibility index (Phi) is 4.59. The molecule has 0 radical (unpaired) electrons. The van der Waals surface area contributed by atoms with Gasteiger partial charge in [-0.2, -0.15) is 5.26 Å². The van der Waals surface area contributed by atoms with Crippen LogP contribution in [-0.4, -0.2) is 55.0 Å². The summed E-state index contributed by atoms with van der Waals surface area (Å²) in [6.45, 7) is 5.01. The van der Waals surface area contributed by atoms with Crippen LogP contribution >= 0.6 is 0 Å². The van der Waals surface area contributed by atoms with Gasteiger partial charge in [0.15, 0.2) is 6.10 Å². The third-order valence-electron chi connectivity index (χ3n) is 3.44. The minimum atomic E-state index is -0.535. The molecule has 0 aromatic heterocycles. The van der Waals surface area contributed by atoms with Crippen molar-refractivity contribution in [3.8, 4) is 11.8 Å². The topological polar surface area (TPSA) is 56.6 Å². The average Bonchev–Trinajstić information content (AvgIpc) is 2.47. The first-order valence-electron chi connectivity index (χ1n) is 6.74. The zero-order valence-corrected chi connectivity index (χ0v) is 11.9. The van der Waals surface area contributed by atoms with Crippen LogP contribution in [0.3, 0.4) is 0 Å². The molecule has 1 aromatic carbocycles. The second kappa shape index (κ2) is 6.40. The highest BCUT2D eigenvalue weighted by molar-refractivity contribution is 5.81. The van der Waals surface area contributed by atoms with E-state index in [2.05, 4.69) is 18.0 Å². The highest BCUT2D eigenvalue weighted by Gasteiger charge is 2.24. The van der Waals surface area contributed by atoms with Gasteiger partial charge in [-0.3, -0.25) is 4.79 Å². The van der Waals surface area contributed by atoms with Crippen molar-refractivity contribution in [3.05, 3.63) is 29.8 Å². The fourth-order valence-corrected chi connectivity index (χ4v) is 2.18. The summed E-state index contributed by atoms with van der Waals surface area (Å²) in [6.07, 6.45) is -0.535. The molecule has 1 atom stereocenters. The van der Waals surface area contributed by atoms with E-state index in [1.807, 2.05) is 4.90 Å². The largest absolute Gasteiger partial charge is 0.481 e. The summed E-state index contributed by atoms with van der Waals surface area (Å²) >= 11 is 0. The maximum atomic E-state index is 12.3. The van der Waals surface area contributed by atoms with Crippen molar-refractivity contribution in [2.75, 3.05) is 33.2 Å². The first-order valence-corrected chi connectivity index (χ1v) is 6.74. The highest BCUT2D eigenvalue weighted by Crippen LogP contribution is 2.15. The molecule has 0 saturated carbocycles. The number of carbonyl (C=O) groups excluding carboxylic acids is 1. The lowest BCUT2D eigenvalue weighted by Gasteiger charge is -2.33. The molecule has 1 heterocycles. The number of rotatable bonds is 3. The molecule has 2 rings (SSSR count). The van der Waals surface area contributed by atoms with Gasteiger partial charge in [0.2, 0.25) is 0 Å². The van der Waals surface area contributed by atoms with Crippen LogP contribution in [0.2, 0.25) is 0 Å². The minimum Gasteiger partial charge on any atom is -0.481 e. The van der Waals surface area contributed by atoms with Gasteiger partial charge < -0.3 is 14.5 Å². The Bertz CT molecular complexity index is 516. The zero-order valence-electron chi connectivity index (χ0n) is 11.9. The minimum absolute atomic E-state index is 0.000427. The van der Waals surface area contributed by atoms with Crippen molar-refractivity contribution in [1.29, 1.82) is 5.26 Å². The molecular formula is C15H19N3O2. The predicted octanol–water partition coefficient (Wildman–Crippen LogP) is 1.10. The van der Waals surface area contributed by atoms with Crippen LogP contribution in [0.1, 0.15) is 12.5 Å². The van der Waals surface area contributed by atoms with E-state index < -0.39 is 6.10 Å². The fourth-order valence-electron chi connectivity index (χ4n) is 2.18. The van der Waals surface area contributed by atoms with Gasteiger partial charge in [-0.25, -0.2) is 0 Å². The number of hydrogen-bond acceptors (Lipinski definition) is 4. The molecule has 0 aliphatic carbocycles. The quantitative estimate of drug-likeness (QED) is 0.827. The summed E-state index contributed by atoms with van der Waals surface area (Å²) in [5.74, 6) is 0.555. The zero-order chi connectivity index (χ0) is 14.5. The number of nitrogens with zero attached hydrogens (tertiary/aromatic N) is 3. The molecule has 1 aliphatic rings. The SMILES string of the molecule is CC(Oc1cccc(C#N)c1)C(=O)N1CCN(C)CC1. The average molecular weight is 273 g/mol. The number of nitriles is 1. The lowest BCUT2D eigenvalue weighted by molar-refractivity contribution is -0.139. The number of benzene rings is 1. The van der Waals surface area contributed by atoms with E-state index in [1.165, 1.54) is 0 Å². The molecule has 5 heteroatoms. The van der Waals surface area contributed by atoms with Crippen molar-refractivity contribution in [2.45, 2.75) is 13.0 Å². The van der Waals surface area contributed by atoms with Crippen molar-refractivity contribution >= 4 is 5.91 Å². The first-order chi connectivity index (χ1) is 9.60. The smallest absolute Gasteiger partial charge is 0.263 e. The van der Waals surface area contributed by atoms with E-state index in [9.17, 15) is 4.79 Å². The van der Waals surface area contributed by atoms with Gasteiger partial charge >= 0.3 is 0 Å². The number of piperazine rings is 1. The van der Waals surface area contributed by atoms with E-state index in [-0.39, 0.29) is 5.91 Å². The van der Waals surface area contributed by atoms with Crippen LogP contribution in [0, 0.1) is 11.3 Å². The third kappa shape index (κ3) is 3.49. The van der Waals surface area contributed by atoms with Crippen LogP contribution in [0.5, 0.6) is 5.75 Å². The lowest BCUT2D eigenvalue weighted by Crippen LogP contribution is -2.50. The molecule has 1 unspecified atom stereocenters. The Morgan fingerprint density at radius 2 is 2.05 bits per heavy atom. The molecule has 1 amide bonds. The number of carbonyl (C=O) groups is 1. The van der Waals surface area contributed by atoms with Gasteiger partial charge in [0.1, 0.15) is 5.75 Å². The molecule has 0 N–H and O–H groups in total. The van der Waals surface area contributed by atoms with Gasteiger partial charge in [-0.15, -0.1) is 0 Å². The maximum absolute atomic E-state index is 12.3. The Morgan fingerprint density at radius 1 is 1.35 bits per heavy atom. The van der Waals surface area contributed by atoms with Gasteiger partial charge in [-0.1, -0.05) is 6.07 Å². The van der Waals surface area contributed by atoms with Gasteiger partial charge in [-0.05, 0) is 32.2 Å². The maximum Gasteiger partial charge on any atom is 0.263 e. The van der Waals surface area contributed by atoms with Crippen molar-refractivity contribution in [2.24, 2.45) is 0 Å². The number of ether oxygens (including phenoxy) is 1. The number of likely N-dealkylation sites (N-methyl/N-ethyl adjacent to an activating group) is 1. The van der Waals surface area contributed by atoms with Gasteiger partial charge in [0, 0.05) is 26.2 Å². The number of hydrogen-bond donors (Lipinski definition) is 0. The third-order valence-corrected chi connectivity index (χ3v) is 3.44. The first kappa shape index (κ1) is 14.4. The van der Waals surface area contributed by atoms with Crippen LogP contribution in [-0.2, 0) is 4.79 Å². The molecular weight excluding hydrogens is 254 g/mol. The second-order valence-electron chi connectivity index (χ2n) is 5.03. The fraction of sp³-hybridized carbons (Fsp3) is 0.467. The normalized spacial score (nSPS) is 17.4. The monoisotopic (exact) mass is 273 g/mol. The summed E-state index contributed by atoms with van der Waals surface area (Å²) in [7, 11) is 2.05. The van der Waals surface area contributed by atoms with Crippen molar-refractivity contribution in [3.63, 3.8) is 0 Å². The summed E-state index contributed by atoms with van der Waals surface area (Å²) in [5.41, 5.74) is 0.529. The molecule has 1 aromatic rings. The number of amides is 1. The van der Waals surface area contributed by atoms with E-state index in [0.29, 0.717) is 11.3 Å². The molecule has 1 saturated heterocycles. The van der Waals surface area contributed by atoms with Crippen molar-refractivity contribution < 1.29 is 9.53 Å². The molecule has 0 bridgehead atoms.